The number of hydrogen-bond donors (Lipinski definition) is 0. The van der Waals surface area contributed by atoms with Crippen LogP contribution in [0.5, 0.6) is 5.75 Å². The molecule has 0 radical (unpaired) electrons. The summed E-state index contributed by atoms with van der Waals surface area (Å²) in [7, 11) is 0. The molecular formula is C25H29ClN4O4S. The molecule has 5 rings (SSSR count). The summed E-state index contributed by atoms with van der Waals surface area (Å²) < 4.78 is 6.57. The molecule has 3 aliphatic heterocycles. The molecule has 1 unspecified atom stereocenters. The number of amides is 3. The fourth-order valence-electron chi connectivity index (χ4n) is 5.18. The van der Waals surface area contributed by atoms with Gasteiger partial charge in [-0.25, -0.2) is 4.98 Å². The molecule has 2 saturated heterocycles. The zero-order chi connectivity index (χ0) is 24.6. The number of hydrogen-bond acceptors (Lipinski definition) is 6. The maximum absolute atomic E-state index is 13.3. The van der Waals surface area contributed by atoms with Gasteiger partial charge in [0.15, 0.2) is 0 Å². The van der Waals surface area contributed by atoms with Crippen LogP contribution in [-0.4, -0.2) is 71.8 Å². The standard InChI is InChI=1S/C25H29ClN4O4S/c1-17(31)29-10-7-25(15-29)16-30(24(33)13-22-27-14-21(26)35-22)20-6-5-18(12-19(20)25)34-11-2-4-23(32)28-8-3-9-28/h5-6,12,14H,2-4,7-11,13,15-16H2,1H3. The first-order chi connectivity index (χ1) is 16.8. The van der Waals surface area contributed by atoms with Gasteiger partial charge < -0.3 is 19.4 Å². The third-order valence-corrected chi connectivity index (χ3v) is 8.35. The quantitative estimate of drug-likeness (QED) is 0.527. The monoisotopic (exact) mass is 516 g/mol. The van der Waals surface area contributed by atoms with Gasteiger partial charge in [-0.2, -0.15) is 0 Å². The number of anilines is 1. The summed E-state index contributed by atoms with van der Waals surface area (Å²) in [5.41, 5.74) is 1.59. The fraction of sp³-hybridized carbons (Fsp3) is 0.520. The van der Waals surface area contributed by atoms with Crippen molar-refractivity contribution in [3.05, 3.63) is 39.3 Å². The van der Waals surface area contributed by atoms with E-state index in [1.165, 1.54) is 11.3 Å². The average molecular weight is 517 g/mol. The molecule has 3 aliphatic rings. The van der Waals surface area contributed by atoms with Crippen LogP contribution >= 0.6 is 22.9 Å². The first-order valence-electron chi connectivity index (χ1n) is 12.1. The minimum atomic E-state index is -0.315. The lowest BCUT2D eigenvalue weighted by Crippen LogP contribution is -2.42. The molecule has 0 saturated carbocycles. The molecule has 0 bridgehead atoms. The highest BCUT2D eigenvalue weighted by molar-refractivity contribution is 7.15. The Labute approximate surface area is 213 Å². The van der Waals surface area contributed by atoms with E-state index in [9.17, 15) is 14.4 Å². The van der Waals surface area contributed by atoms with Gasteiger partial charge in [0.25, 0.3) is 0 Å². The van der Waals surface area contributed by atoms with Crippen molar-refractivity contribution in [3.63, 3.8) is 0 Å². The van der Waals surface area contributed by atoms with E-state index in [4.69, 9.17) is 16.3 Å². The van der Waals surface area contributed by atoms with Crippen LogP contribution in [-0.2, 0) is 26.2 Å². The largest absolute Gasteiger partial charge is 0.494 e. The van der Waals surface area contributed by atoms with Crippen LogP contribution in [0.2, 0.25) is 4.34 Å². The zero-order valence-corrected chi connectivity index (χ0v) is 21.4. The topological polar surface area (TPSA) is 83.0 Å². The third kappa shape index (κ3) is 4.89. The number of nitrogens with zero attached hydrogens (tertiary/aromatic N) is 4. The Morgan fingerprint density at radius 1 is 1.14 bits per heavy atom. The normalized spacial score (nSPS) is 20.8. The molecule has 8 nitrogen and oxygen atoms in total. The molecule has 2 fully saturated rings. The Morgan fingerprint density at radius 3 is 2.63 bits per heavy atom. The fourth-order valence-corrected chi connectivity index (χ4v) is 6.13. The summed E-state index contributed by atoms with van der Waals surface area (Å²) in [5.74, 6) is 0.930. The van der Waals surface area contributed by atoms with Crippen molar-refractivity contribution in [1.29, 1.82) is 0 Å². The Bertz CT molecular complexity index is 1150. The highest BCUT2D eigenvalue weighted by Gasteiger charge is 2.49. The van der Waals surface area contributed by atoms with E-state index in [0.717, 1.165) is 42.9 Å². The summed E-state index contributed by atoms with van der Waals surface area (Å²) >= 11 is 7.31. The Kier molecular flexibility index (Phi) is 6.72. The first-order valence-corrected chi connectivity index (χ1v) is 13.3. The molecule has 0 N–H and O–H groups in total. The highest BCUT2D eigenvalue weighted by atomic mass is 35.5. The summed E-state index contributed by atoms with van der Waals surface area (Å²) in [6.07, 6.45) is 4.79. The van der Waals surface area contributed by atoms with Gasteiger partial charge in [-0.1, -0.05) is 11.6 Å². The van der Waals surface area contributed by atoms with Crippen LogP contribution in [0.3, 0.4) is 0 Å². The molecule has 4 heterocycles. The van der Waals surface area contributed by atoms with Crippen molar-refractivity contribution < 1.29 is 19.1 Å². The molecule has 1 aromatic carbocycles. The molecule has 2 aromatic rings. The van der Waals surface area contributed by atoms with E-state index in [1.54, 1.807) is 13.1 Å². The SMILES string of the molecule is CC(=O)N1CCC2(C1)CN(C(=O)Cc1ncc(Cl)s1)c1ccc(OCCCC(=O)N3CCC3)cc12. The molecule has 186 valence electrons. The number of likely N-dealkylation sites (tertiary alicyclic amines) is 2. The van der Waals surface area contributed by atoms with Crippen LogP contribution in [0.4, 0.5) is 5.69 Å². The number of thiazole rings is 1. The Balaban J connectivity index is 1.31. The van der Waals surface area contributed by atoms with Gasteiger partial charge in [0, 0.05) is 57.2 Å². The summed E-state index contributed by atoms with van der Waals surface area (Å²) in [6, 6.07) is 5.84. The van der Waals surface area contributed by atoms with E-state index in [-0.39, 0.29) is 29.6 Å². The van der Waals surface area contributed by atoms with Crippen LogP contribution in [0.1, 0.15) is 43.2 Å². The van der Waals surface area contributed by atoms with Gasteiger partial charge in [-0.3, -0.25) is 14.4 Å². The van der Waals surface area contributed by atoms with Crippen LogP contribution in [0, 0.1) is 0 Å². The van der Waals surface area contributed by atoms with E-state index >= 15 is 0 Å². The van der Waals surface area contributed by atoms with Gasteiger partial charge in [-0.15, -0.1) is 11.3 Å². The van der Waals surface area contributed by atoms with Gasteiger partial charge >= 0.3 is 0 Å². The number of halogens is 1. The Hall–Kier alpha value is -2.65. The first kappa shape index (κ1) is 24.1. The molecule has 10 heteroatoms. The van der Waals surface area contributed by atoms with Crippen molar-refractivity contribution in [3.8, 4) is 5.75 Å². The van der Waals surface area contributed by atoms with E-state index in [1.807, 2.05) is 32.9 Å². The molecule has 1 aromatic heterocycles. The van der Waals surface area contributed by atoms with Crippen molar-refractivity contribution in [2.24, 2.45) is 0 Å². The lowest BCUT2D eigenvalue weighted by Gasteiger charge is -2.30. The predicted octanol–water partition coefficient (Wildman–Crippen LogP) is 3.27. The van der Waals surface area contributed by atoms with Crippen molar-refractivity contribution >= 4 is 46.3 Å². The molecule has 3 amide bonds. The van der Waals surface area contributed by atoms with E-state index in [2.05, 4.69) is 4.98 Å². The molecule has 35 heavy (non-hydrogen) atoms. The van der Waals surface area contributed by atoms with Crippen LogP contribution < -0.4 is 9.64 Å². The van der Waals surface area contributed by atoms with Crippen LogP contribution in [0.25, 0.3) is 0 Å². The molecular weight excluding hydrogens is 488 g/mol. The van der Waals surface area contributed by atoms with Gasteiger partial charge in [0.1, 0.15) is 15.1 Å². The second-order valence-corrected chi connectivity index (χ2v) is 11.3. The number of fused-ring (bicyclic) bond motifs is 2. The maximum atomic E-state index is 13.3. The molecule has 0 aliphatic carbocycles. The second-order valence-electron chi connectivity index (χ2n) is 9.55. The number of carbonyl (C=O) groups excluding carboxylic acids is 3. The smallest absolute Gasteiger partial charge is 0.233 e. The predicted molar refractivity (Wildman–Crippen MR) is 134 cm³/mol. The molecule has 1 atom stereocenters. The number of ether oxygens (including phenoxy) is 1. The summed E-state index contributed by atoms with van der Waals surface area (Å²) in [4.78, 5) is 47.2. The third-order valence-electron chi connectivity index (χ3n) is 7.23. The average Bonchev–Trinajstić information content (AvgIpc) is 3.48. The Morgan fingerprint density at radius 2 is 1.97 bits per heavy atom. The molecule has 1 spiro atoms. The van der Waals surface area contributed by atoms with Gasteiger partial charge in [-0.05, 0) is 43.0 Å². The van der Waals surface area contributed by atoms with E-state index in [0.29, 0.717) is 48.4 Å². The van der Waals surface area contributed by atoms with Crippen LogP contribution in [0.15, 0.2) is 24.4 Å². The number of aromatic nitrogens is 1. The minimum Gasteiger partial charge on any atom is -0.494 e. The second kappa shape index (κ2) is 9.78. The zero-order valence-electron chi connectivity index (χ0n) is 19.8. The minimum absolute atomic E-state index is 0.0337. The number of benzene rings is 1. The van der Waals surface area contributed by atoms with E-state index < -0.39 is 0 Å². The van der Waals surface area contributed by atoms with Crippen molar-refractivity contribution in [2.45, 2.75) is 44.4 Å². The number of rotatable bonds is 7. The highest BCUT2D eigenvalue weighted by Crippen LogP contribution is 2.48. The van der Waals surface area contributed by atoms with Crippen molar-refractivity contribution in [1.82, 2.24) is 14.8 Å². The van der Waals surface area contributed by atoms with Crippen molar-refractivity contribution in [2.75, 3.05) is 44.2 Å². The summed E-state index contributed by atoms with van der Waals surface area (Å²) in [5, 5.41) is 0.687. The van der Waals surface area contributed by atoms with Gasteiger partial charge in [0.05, 0.1) is 19.2 Å². The lowest BCUT2D eigenvalue weighted by atomic mass is 9.81. The number of carbonyl (C=O) groups is 3. The lowest BCUT2D eigenvalue weighted by molar-refractivity contribution is -0.134. The summed E-state index contributed by atoms with van der Waals surface area (Å²) in [6.45, 7) is 5.56. The maximum Gasteiger partial charge on any atom is 0.233 e. The van der Waals surface area contributed by atoms with Gasteiger partial charge in [0.2, 0.25) is 17.7 Å².